The second-order valence-electron chi connectivity index (χ2n) is 7.51. The highest BCUT2D eigenvalue weighted by Gasteiger charge is 2.22. The summed E-state index contributed by atoms with van der Waals surface area (Å²) in [5.74, 6) is 0.316. The lowest BCUT2D eigenvalue weighted by Crippen LogP contribution is -2.22. The number of ether oxygens (including phenoxy) is 1. The standard InChI is InChI=1S/C23H23ClN4O2/c1-15(2)14-30-18(29)13-28-23-19(21(27-28)16-9-5-3-6-10-16)20(24)22(25-26-23)17-11-7-4-8-12-17/h3-12,15,18,29H,13-14H2,1-2H3. The molecule has 4 rings (SSSR count). The van der Waals surface area contributed by atoms with Crippen molar-refractivity contribution in [3.8, 4) is 22.5 Å². The summed E-state index contributed by atoms with van der Waals surface area (Å²) >= 11 is 6.83. The zero-order valence-electron chi connectivity index (χ0n) is 16.9. The van der Waals surface area contributed by atoms with Crippen molar-refractivity contribution in [3.05, 3.63) is 65.7 Å². The van der Waals surface area contributed by atoms with Crippen molar-refractivity contribution in [2.45, 2.75) is 26.7 Å². The first kappa shape index (κ1) is 20.5. The highest BCUT2D eigenvalue weighted by Crippen LogP contribution is 2.37. The van der Waals surface area contributed by atoms with Gasteiger partial charge in [-0.3, -0.25) is 0 Å². The number of fused-ring (bicyclic) bond motifs is 1. The minimum absolute atomic E-state index is 0.131. The molecule has 2 aromatic carbocycles. The topological polar surface area (TPSA) is 73.1 Å². The number of hydrogen-bond acceptors (Lipinski definition) is 5. The van der Waals surface area contributed by atoms with Crippen molar-refractivity contribution in [2.24, 2.45) is 5.92 Å². The van der Waals surface area contributed by atoms with Crippen LogP contribution in [0, 0.1) is 5.92 Å². The fourth-order valence-corrected chi connectivity index (χ4v) is 3.55. The smallest absolute Gasteiger partial charge is 0.182 e. The van der Waals surface area contributed by atoms with Crippen molar-refractivity contribution in [2.75, 3.05) is 6.61 Å². The molecule has 0 aliphatic rings. The lowest BCUT2D eigenvalue weighted by atomic mass is 10.1. The minimum Gasteiger partial charge on any atom is -0.366 e. The van der Waals surface area contributed by atoms with E-state index in [1.807, 2.05) is 74.5 Å². The molecule has 0 radical (unpaired) electrons. The Bertz CT molecular complexity index is 1130. The van der Waals surface area contributed by atoms with Crippen LogP contribution in [0.4, 0.5) is 0 Å². The Labute approximate surface area is 180 Å². The van der Waals surface area contributed by atoms with Crippen LogP contribution in [-0.4, -0.2) is 38.0 Å². The Kier molecular flexibility index (Phi) is 6.08. The third-order valence-electron chi connectivity index (χ3n) is 4.64. The van der Waals surface area contributed by atoms with Gasteiger partial charge in [-0.2, -0.15) is 5.10 Å². The van der Waals surface area contributed by atoms with Gasteiger partial charge in [0.25, 0.3) is 0 Å². The lowest BCUT2D eigenvalue weighted by molar-refractivity contribution is -0.116. The molecule has 1 N–H and O–H groups in total. The molecule has 1 atom stereocenters. The molecule has 0 saturated heterocycles. The van der Waals surface area contributed by atoms with Crippen LogP contribution in [0.25, 0.3) is 33.5 Å². The molecule has 6 nitrogen and oxygen atoms in total. The maximum absolute atomic E-state index is 10.3. The predicted molar refractivity (Wildman–Crippen MR) is 118 cm³/mol. The Morgan fingerprint density at radius 2 is 1.53 bits per heavy atom. The van der Waals surface area contributed by atoms with E-state index < -0.39 is 6.29 Å². The molecule has 2 heterocycles. The van der Waals surface area contributed by atoms with Crippen molar-refractivity contribution in [1.82, 2.24) is 20.0 Å². The Morgan fingerprint density at radius 1 is 0.933 bits per heavy atom. The van der Waals surface area contributed by atoms with Gasteiger partial charge in [0, 0.05) is 11.1 Å². The molecule has 1 unspecified atom stereocenters. The van der Waals surface area contributed by atoms with Gasteiger partial charge in [-0.25, -0.2) is 4.68 Å². The van der Waals surface area contributed by atoms with Crippen molar-refractivity contribution < 1.29 is 9.84 Å². The van der Waals surface area contributed by atoms with Gasteiger partial charge in [0.05, 0.1) is 23.6 Å². The number of hydrogen-bond donors (Lipinski definition) is 1. The van der Waals surface area contributed by atoms with Crippen molar-refractivity contribution in [3.63, 3.8) is 0 Å². The van der Waals surface area contributed by atoms with E-state index in [4.69, 9.17) is 21.4 Å². The van der Waals surface area contributed by atoms with Crippen LogP contribution in [-0.2, 0) is 11.3 Å². The number of aromatic nitrogens is 4. The predicted octanol–water partition coefficient (Wildman–Crippen LogP) is 4.80. The summed E-state index contributed by atoms with van der Waals surface area (Å²) in [6.07, 6.45) is -1.01. The second-order valence-corrected chi connectivity index (χ2v) is 7.88. The summed E-state index contributed by atoms with van der Waals surface area (Å²) in [6, 6.07) is 19.5. The van der Waals surface area contributed by atoms with Gasteiger partial charge in [0.2, 0.25) is 0 Å². The van der Waals surface area contributed by atoms with Crippen LogP contribution >= 0.6 is 11.6 Å². The van der Waals surface area contributed by atoms with Crippen LogP contribution < -0.4 is 0 Å². The second kappa shape index (κ2) is 8.92. The molecular weight excluding hydrogens is 400 g/mol. The molecule has 0 aliphatic carbocycles. The summed E-state index contributed by atoms with van der Waals surface area (Å²) in [4.78, 5) is 0. The molecule has 7 heteroatoms. The molecule has 0 spiro atoms. The molecule has 30 heavy (non-hydrogen) atoms. The zero-order chi connectivity index (χ0) is 21.1. The number of benzene rings is 2. The van der Waals surface area contributed by atoms with E-state index in [0.29, 0.717) is 40.0 Å². The first-order chi connectivity index (χ1) is 14.5. The van der Waals surface area contributed by atoms with Gasteiger partial charge >= 0.3 is 0 Å². The Morgan fingerprint density at radius 3 is 2.13 bits per heavy atom. The van der Waals surface area contributed by atoms with Gasteiger partial charge in [0.15, 0.2) is 11.9 Å². The summed E-state index contributed by atoms with van der Waals surface area (Å²) in [5, 5.41) is 25.0. The number of halogens is 1. The average molecular weight is 423 g/mol. The van der Waals surface area contributed by atoms with Crippen LogP contribution in [0.3, 0.4) is 0 Å². The summed E-state index contributed by atoms with van der Waals surface area (Å²) < 4.78 is 7.12. The lowest BCUT2D eigenvalue weighted by Gasteiger charge is -2.14. The van der Waals surface area contributed by atoms with E-state index in [9.17, 15) is 5.11 Å². The van der Waals surface area contributed by atoms with Gasteiger partial charge in [-0.15, -0.1) is 10.2 Å². The Balaban J connectivity index is 1.83. The van der Waals surface area contributed by atoms with Gasteiger partial charge < -0.3 is 9.84 Å². The van der Waals surface area contributed by atoms with Gasteiger partial charge in [0.1, 0.15) is 11.4 Å². The molecule has 0 fully saturated rings. The zero-order valence-corrected chi connectivity index (χ0v) is 17.6. The molecule has 0 aliphatic heterocycles. The third-order valence-corrected chi connectivity index (χ3v) is 5.01. The maximum atomic E-state index is 10.3. The van der Waals surface area contributed by atoms with E-state index in [0.717, 1.165) is 11.1 Å². The highest BCUT2D eigenvalue weighted by molar-refractivity contribution is 6.38. The van der Waals surface area contributed by atoms with Crippen molar-refractivity contribution >= 4 is 22.6 Å². The van der Waals surface area contributed by atoms with Gasteiger partial charge in [-0.05, 0) is 5.92 Å². The summed E-state index contributed by atoms with van der Waals surface area (Å²) in [6.45, 7) is 4.64. The van der Waals surface area contributed by atoms with E-state index >= 15 is 0 Å². The van der Waals surface area contributed by atoms with E-state index in [-0.39, 0.29) is 6.54 Å². The SMILES string of the molecule is CC(C)COC(O)Cn1nc(-c2ccccc2)c2c(Cl)c(-c3ccccc3)nnc21. The van der Waals surface area contributed by atoms with E-state index in [1.165, 1.54) is 0 Å². The highest BCUT2D eigenvalue weighted by atomic mass is 35.5. The quantitative estimate of drug-likeness (QED) is 0.433. The number of rotatable bonds is 7. The molecular formula is C23H23ClN4O2. The average Bonchev–Trinajstić information content (AvgIpc) is 3.13. The number of aliphatic hydroxyl groups excluding tert-OH is 1. The monoisotopic (exact) mass is 422 g/mol. The summed E-state index contributed by atoms with van der Waals surface area (Å²) in [5.41, 5.74) is 3.58. The van der Waals surface area contributed by atoms with E-state index in [2.05, 4.69) is 10.2 Å². The third kappa shape index (κ3) is 4.21. The largest absolute Gasteiger partial charge is 0.366 e. The molecule has 2 aromatic heterocycles. The molecule has 0 saturated carbocycles. The number of nitrogens with zero attached hydrogens (tertiary/aromatic N) is 4. The first-order valence-electron chi connectivity index (χ1n) is 9.87. The molecule has 154 valence electrons. The normalized spacial score (nSPS) is 12.6. The Hall–Kier alpha value is -2.80. The van der Waals surface area contributed by atoms with Crippen LogP contribution in [0.5, 0.6) is 0 Å². The van der Waals surface area contributed by atoms with Crippen LogP contribution in [0.15, 0.2) is 60.7 Å². The molecule has 0 amide bonds. The summed E-state index contributed by atoms with van der Waals surface area (Å²) in [7, 11) is 0. The van der Waals surface area contributed by atoms with Crippen LogP contribution in [0.2, 0.25) is 5.02 Å². The van der Waals surface area contributed by atoms with Crippen molar-refractivity contribution in [1.29, 1.82) is 0 Å². The molecule has 0 bridgehead atoms. The molecule has 4 aromatic rings. The first-order valence-corrected chi connectivity index (χ1v) is 10.3. The van der Waals surface area contributed by atoms with Gasteiger partial charge in [-0.1, -0.05) is 86.1 Å². The van der Waals surface area contributed by atoms with Crippen LogP contribution in [0.1, 0.15) is 13.8 Å². The van der Waals surface area contributed by atoms with E-state index in [1.54, 1.807) is 4.68 Å². The fraction of sp³-hybridized carbons (Fsp3) is 0.261. The fourth-order valence-electron chi connectivity index (χ4n) is 3.23. The minimum atomic E-state index is -1.01. The maximum Gasteiger partial charge on any atom is 0.182 e. The number of aliphatic hydroxyl groups is 1.